The largest absolute Gasteiger partial charge is 0.306 e. The van der Waals surface area contributed by atoms with Crippen molar-refractivity contribution in [2.75, 3.05) is 0 Å². The summed E-state index contributed by atoms with van der Waals surface area (Å²) in [5.41, 5.74) is 9.57. The number of rotatable bonds is 3. The molecule has 4 aromatic heterocycles. The van der Waals surface area contributed by atoms with Crippen LogP contribution in [0.2, 0.25) is 0 Å². The SMILES string of the molecule is c1ccc(-c2cc(-c3ccccc3)nc(-n3c4cccc5c6ccccc6c6ccccc6n6c7ccccc7c3c6c54)n2)cc1. The molecule has 10 rings (SSSR count). The van der Waals surface area contributed by atoms with Gasteiger partial charge in [-0.15, -0.1) is 0 Å². The Morgan fingerprint density at radius 2 is 0.848 bits per heavy atom. The molecule has 0 N–H and O–H groups in total. The second-order valence-corrected chi connectivity index (χ2v) is 11.8. The highest BCUT2D eigenvalue weighted by Crippen LogP contribution is 2.43. The highest BCUT2D eigenvalue weighted by atomic mass is 15.2. The first kappa shape index (κ1) is 25.1. The summed E-state index contributed by atoms with van der Waals surface area (Å²) in [4.78, 5) is 10.6. The predicted octanol–water partition coefficient (Wildman–Crippen LogP) is 10.6. The van der Waals surface area contributed by atoms with Crippen LogP contribution >= 0.6 is 0 Å². The molecular weight excluding hydrogens is 560 g/mol. The van der Waals surface area contributed by atoms with Gasteiger partial charge in [0.25, 0.3) is 0 Å². The Kier molecular flexibility index (Phi) is 5.25. The Morgan fingerprint density at radius 3 is 1.50 bits per heavy atom. The van der Waals surface area contributed by atoms with E-state index < -0.39 is 0 Å². The molecule has 0 unspecified atom stereocenters. The third-order valence-electron chi connectivity index (χ3n) is 9.30. The lowest BCUT2D eigenvalue weighted by Crippen LogP contribution is -2.04. The first-order chi connectivity index (χ1) is 22.8. The van der Waals surface area contributed by atoms with Gasteiger partial charge >= 0.3 is 0 Å². The van der Waals surface area contributed by atoms with E-state index in [1.165, 1.54) is 38.0 Å². The molecule has 0 radical (unpaired) electrons. The van der Waals surface area contributed by atoms with Crippen LogP contribution in [0.15, 0.2) is 158 Å². The Balaban J connectivity index is 1.47. The van der Waals surface area contributed by atoms with Crippen LogP contribution in [-0.2, 0) is 0 Å². The second-order valence-electron chi connectivity index (χ2n) is 11.8. The van der Waals surface area contributed by atoms with E-state index in [1.54, 1.807) is 0 Å². The average Bonchev–Trinajstić information content (AvgIpc) is 3.64. The van der Waals surface area contributed by atoms with Crippen molar-refractivity contribution in [3.63, 3.8) is 0 Å². The van der Waals surface area contributed by atoms with Crippen molar-refractivity contribution in [2.24, 2.45) is 0 Å². The molecule has 6 aromatic carbocycles. The standard InChI is InChI=1S/C42H26N4/c1-3-14-27(15-4-1)34-26-35(28-16-5-2-6-17-28)44-42(43-34)46-38-25-13-22-32-30-19-8-7-18-29(30)31-20-9-11-23-36(31)45-37-24-12-10-21-33(37)40(46)41(45)39(32)38/h1-26H. The molecule has 0 spiro atoms. The van der Waals surface area contributed by atoms with Gasteiger partial charge in [-0.05, 0) is 40.4 Å². The Morgan fingerprint density at radius 1 is 0.370 bits per heavy atom. The van der Waals surface area contributed by atoms with E-state index in [-0.39, 0.29) is 0 Å². The van der Waals surface area contributed by atoms with E-state index in [9.17, 15) is 0 Å². The summed E-state index contributed by atoms with van der Waals surface area (Å²) in [7, 11) is 0. The minimum absolute atomic E-state index is 0.654. The molecule has 4 nitrogen and oxygen atoms in total. The Hall–Kier alpha value is -6.26. The maximum Gasteiger partial charge on any atom is 0.235 e. The van der Waals surface area contributed by atoms with E-state index in [2.05, 4.69) is 155 Å². The minimum Gasteiger partial charge on any atom is -0.306 e. The zero-order valence-corrected chi connectivity index (χ0v) is 24.8. The summed E-state index contributed by atoms with van der Waals surface area (Å²) in [6.45, 7) is 0. The van der Waals surface area contributed by atoms with E-state index in [0.29, 0.717) is 5.95 Å². The number of aromatic nitrogens is 4. The molecule has 0 aliphatic carbocycles. The van der Waals surface area contributed by atoms with Crippen molar-refractivity contribution in [3.8, 4) is 28.5 Å². The van der Waals surface area contributed by atoms with Gasteiger partial charge in [0.2, 0.25) is 5.95 Å². The Labute approximate surface area is 264 Å². The molecule has 0 saturated heterocycles. The van der Waals surface area contributed by atoms with Gasteiger partial charge in [0.15, 0.2) is 0 Å². The first-order valence-electron chi connectivity index (χ1n) is 15.6. The number of hydrogen-bond donors (Lipinski definition) is 0. The van der Waals surface area contributed by atoms with Gasteiger partial charge in [-0.25, -0.2) is 9.97 Å². The molecule has 0 atom stereocenters. The fourth-order valence-corrected chi connectivity index (χ4v) is 7.35. The maximum atomic E-state index is 5.32. The van der Waals surface area contributed by atoms with Crippen LogP contribution in [0.5, 0.6) is 0 Å². The molecule has 10 aromatic rings. The fourth-order valence-electron chi connectivity index (χ4n) is 7.35. The zero-order chi connectivity index (χ0) is 30.2. The lowest BCUT2D eigenvalue weighted by Gasteiger charge is -2.12. The number of benzene rings is 6. The van der Waals surface area contributed by atoms with Crippen LogP contribution in [0.3, 0.4) is 0 Å². The summed E-state index contributed by atoms with van der Waals surface area (Å²) in [5, 5.41) is 7.23. The quantitative estimate of drug-likeness (QED) is 0.206. The predicted molar refractivity (Wildman–Crippen MR) is 191 cm³/mol. The maximum absolute atomic E-state index is 5.32. The summed E-state index contributed by atoms with van der Waals surface area (Å²) in [5.74, 6) is 0.654. The lowest BCUT2D eigenvalue weighted by molar-refractivity contribution is 0.998. The smallest absolute Gasteiger partial charge is 0.235 e. The molecule has 0 aliphatic rings. The molecule has 0 fully saturated rings. The molecule has 0 bridgehead atoms. The van der Waals surface area contributed by atoms with Crippen molar-refractivity contribution >= 4 is 59.9 Å². The van der Waals surface area contributed by atoms with E-state index in [1.807, 2.05) is 12.1 Å². The summed E-state index contributed by atoms with van der Waals surface area (Å²) >= 11 is 0. The van der Waals surface area contributed by atoms with Crippen LogP contribution in [0.4, 0.5) is 0 Å². The normalized spacial score (nSPS) is 11.9. The number of hydrogen-bond acceptors (Lipinski definition) is 2. The molecular formula is C42H26N4. The van der Waals surface area contributed by atoms with Gasteiger partial charge in [0, 0.05) is 27.3 Å². The van der Waals surface area contributed by atoms with E-state index in [4.69, 9.17) is 9.97 Å². The third-order valence-corrected chi connectivity index (χ3v) is 9.30. The number of fused-ring (bicyclic) bond motifs is 8. The van der Waals surface area contributed by atoms with Crippen molar-refractivity contribution in [1.82, 2.24) is 18.9 Å². The molecule has 0 aliphatic heterocycles. The molecule has 4 heterocycles. The van der Waals surface area contributed by atoms with Gasteiger partial charge in [-0.3, -0.25) is 4.57 Å². The van der Waals surface area contributed by atoms with Crippen LogP contribution in [0, 0.1) is 0 Å². The van der Waals surface area contributed by atoms with E-state index in [0.717, 1.165) is 44.5 Å². The molecule has 0 saturated carbocycles. The summed E-state index contributed by atoms with van der Waals surface area (Å²) in [6, 6.07) is 55.8. The first-order valence-corrected chi connectivity index (χ1v) is 15.6. The topological polar surface area (TPSA) is 35.1 Å². The van der Waals surface area contributed by atoms with Gasteiger partial charge < -0.3 is 4.40 Å². The molecule has 46 heavy (non-hydrogen) atoms. The highest BCUT2D eigenvalue weighted by Gasteiger charge is 2.24. The van der Waals surface area contributed by atoms with Gasteiger partial charge in [-0.2, -0.15) is 0 Å². The molecule has 0 amide bonds. The highest BCUT2D eigenvalue weighted by molar-refractivity contribution is 6.29. The Bertz CT molecular complexity index is 2730. The van der Waals surface area contributed by atoms with Crippen molar-refractivity contribution in [2.45, 2.75) is 0 Å². The minimum atomic E-state index is 0.654. The second kappa shape index (κ2) is 9.62. The monoisotopic (exact) mass is 586 g/mol. The van der Waals surface area contributed by atoms with Crippen molar-refractivity contribution in [3.05, 3.63) is 158 Å². The molecule has 4 heteroatoms. The zero-order valence-electron chi connectivity index (χ0n) is 24.8. The van der Waals surface area contributed by atoms with Crippen molar-refractivity contribution in [1.29, 1.82) is 0 Å². The third kappa shape index (κ3) is 3.49. The van der Waals surface area contributed by atoms with Gasteiger partial charge in [-0.1, -0.05) is 133 Å². The van der Waals surface area contributed by atoms with Gasteiger partial charge in [0.1, 0.15) is 0 Å². The number of para-hydroxylation sites is 2. The van der Waals surface area contributed by atoms with E-state index >= 15 is 0 Å². The van der Waals surface area contributed by atoms with Crippen LogP contribution in [0.1, 0.15) is 0 Å². The lowest BCUT2D eigenvalue weighted by atomic mass is 10.0. The average molecular weight is 587 g/mol. The summed E-state index contributed by atoms with van der Waals surface area (Å²) in [6.07, 6.45) is 0. The fraction of sp³-hybridized carbons (Fsp3) is 0. The number of nitrogens with zero attached hydrogens (tertiary/aromatic N) is 4. The summed E-state index contributed by atoms with van der Waals surface area (Å²) < 4.78 is 4.75. The van der Waals surface area contributed by atoms with Gasteiger partial charge in [0.05, 0.1) is 39.0 Å². The van der Waals surface area contributed by atoms with Crippen LogP contribution in [0.25, 0.3) is 88.4 Å². The van der Waals surface area contributed by atoms with Crippen LogP contribution in [-0.4, -0.2) is 18.9 Å². The molecule has 214 valence electrons. The van der Waals surface area contributed by atoms with Crippen molar-refractivity contribution < 1.29 is 0 Å². The van der Waals surface area contributed by atoms with Crippen LogP contribution < -0.4 is 0 Å².